The molecule has 0 bridgehead atoms. The van der Waals surface area contributed by atoms with Gasteiger partial charge in [0.2, 0.25) is 0 Å². The second-order valence-corrected chi connectivity index (χ2v) is 6.52. The maximum Gasteiger partial charge on any atom is 0.129 e. The summed E-state index contributed by atoms with van der Waals surface area (Å²) in [6, 6.07) is 4.94. The Morgan fingerprint density at radius 1 is 1.33 bits per heavy atom. The van der Waals surface area contributed by atoms with Crippen molar-refractivity contribution in [3.63, 3.8) is 0 Å². The third kappa shape index (κ3) is 3.73. The van der Waals surface area contributed by atoms with Crippen LogP contribution >= 0.6 is 31.9 Å². The monoisotopic (exact) mass is 417 g/mol. The van der Waals surface area contributed by atoms with Crippen LogP contribution in [0.15, 0.2) is 33.3 Å². The zero-order valence-electron chi connectivity index (χ0n) is 12.0. The van der Waals surface area contributed by atoms with Crippen molar-refractivity contribution in [2.75, 3.05) is 6.54 Å². The van der Waals surface area contributed by atoms with E-state index in [0.29, 0.717) is 5.56 Å². The summed E-state index contributed by atoms with van der Waals surface area (Å²) in [5, 5.41) is 7.75. The van der Waals surface area contributed by atoms with Gasteiger partial charge in [-0.15, -0.1) is 0 Å². The fourth-order valence-electron chi connectivity index (χ4n) is 2.29. The predicted molar refractivity (Wildman–Crippen MR) is 89.8 cm³/mol. The first-order valence-corrected chi connectivity index (χ1v) is 8.56. The zero-order valence-corrected chi connectivity index (χ0v) is 15.2. The third-order valence-electron chi connectivity index (χ3n) is 3.28. The zero-order chi connectivity index (χ0) is 15.4. The van der Waals surface area contributed by atoms with Crippen LogP contribution in [-0.4, -0.2) is 16.3 Å². The average molecular weight is 419 g/mol. The van der Waals surface area contributed by atoms with Crippen molar-refractivity contribution >= 4 is 31.9 Å². The van der Waals surface area contributed by atoms with Crippen molar-refractivity contribution in [2.24, 2.45) is 0 Å². The summed E-state index contributed by atoms with van der Waals surface area (Å²) in [5.74, 6) is -0.228. The smallest absolute Gasteiger partial charge is 0.129 e. The predicted octanol–water partition coefficient (Wildman–Crippen LogP) is 4.66. The summed E-state index contributed by atoms with van der Waals surface area (Å²) < 4.78 is 17.9. The Bertz CT molecular complexity index is 613. The van der Waals surface area contributed by atoms with Crippen molar-refractivity contribution in [1.82, 2.24) is 15.1 Å². The SMILES string of the molecule is CCCNC(c1ccc(Br)cc1F)c1c(Br)cnn1CC. The molecule has 0 saturated heterocycles. The van der Waals surface area contributed by atoms with E-state index in [-0.39, 0.29) is 11.9 Å². The van der Waals surface area contributed by atoms with Gasteiger partial charge in [0.05, 0.1) is 22.4 Å². The molecule has 0 radical (unpaired) electrons. The van der Waals surface area contributed by atoms with Crippen molar-refractivity contribution in [3.05, 3.63) is 50.4 Å². The normalized spacial score (nSPS) is 12.6. The molecule has 0 spiro atoms. The summed E-state index contributed by atoms with van der Waals surface area (Å²) in [4.78, 5) is 0. The Hall–Kier alpha value is -0.720. The summed E-state index contributed by atoms with van der Waals surface area (Å²) in [5.41, 5.74) is 1.58. The lowest BCUT2D eigenvalue weighted by atomic mass is 10.0. The maximum atomic E-state index is 14.4. The maximum absolute atomic E-state index is 14.4. The molecule has 3 nitrogen and oxygen atoms in total. The second kappa shape index (κ2) is 7.51. The van der Waals surface area contributed by atoms with Gasteiger partial charge in [0.15, 0.2) is 0 Å². The van der Waals surface area contributed by atoms with Crippen LogP contribution in [0.4, 0.5) is 4.39 Å². The molecule has 1 atom stereocenters. The van der Waals surface area contributed by atoms with Crippen molar-refractivity contribution in [2.45, 2.75) is 32.9 Å². The van der Waals surface area contributed by atoms with Crippen LogP contribution in [0.1, 0.15) is 37.6 Å². The summed E-state index contributed by atoms with van der Waals surface area (Å²) in [6.45, 7) is 5.66. The van der Waals surface area contributed by atoms with Crippen LogP contribution in [-0.2, 0) is 6.54 Å². The standard InChI is InChI=1S/C15H18Br2FN3/c1-3-7-19-14(11-6-5-10(16)8-13(11)18)15-12(17)9-20-21(15)4-2/h5-6,8-9,14,19H,3-4,7H2,1-2H3. The van der Waals surface area contributed by atoms with Gasteiger partial charge in [-0.05, 0) is 48.0 Å². The van der Waals surface area contributed by atoms with E-state index in [1.807, 2.05) is 23.7 Å². The van der Waals surface area contributed by atoms with Crippen LogP contribution in [0.3, 0.4) is 0 Å². The molecule has 1 aromatic carbocycles. The fourth-order valence-corrected chi connectivity index (χ4v) is 3.15. The molecule has 1 heterocycles. The Balaban J connectivity index is 2.49. The minimum Gasteiger partial charge on any atom is -0.305 e. The van der Waals surface area contributed by atoms with Gasteiger partial charge in [-0.1, -0.05) is 28.9 Å². The Labute approximate surface area is 141 Å². The highest BCUT2D eigenvalue weighted by Gasteiger charge is 2.23. The average Bonchev–Trinajstić information content (AvgIpc) is 2.82. The molecular weight excluding hydrogens is 401 g/mol. The van der Waals surface area contributed by atoms with Gasteiger partial charge in [0.25, 0.3) is 0 Å². The minimum atomic E-state index is -0.228. The molecule has 2 rings (SSSR count). The molecule has 1 N–H and O–H groups in total. The quantitative estimate of drug-likeness (QED) is 0.739. The first kappa shape index (κ1) is 16.6. The van der Waals surface area contributed by atoms with E-state index in [1.165, 1.54) is 6.07 Å². The molecule has 114 valence electrons. The number of nitrogens with one attached hydrogen (secondary N) is 1. The highest BCUT2D eigenvalue weighted by Crippen LogP contribution is 2.31. The Morgan fingerprint density at radius 3 is 2.71 bits per heavy atom. The van der Waals surface area contributed by atoms with E-state index in [0.717, 1.165) is 34.1 Å². The van der Waals surface area contributed by atoms with Gasteiger partial charge in [-0.3, -0.25) is 4.68 Å². The molecule has 0 saturated carbocycles. The van der Waals surface area contributed by atoms with E-state index >= 15 is 0 Å². The first-order valence-electron chi connectivity index (χ1n) is 6.98. The van der Waals surface area contributed by atoms with Crippen molar-refractivity contribution in [3.8, 4) is 0 Å². The highest BCUT2D eigenvalue weighted by atomic mass is 79.9. The number of benzene rings is 1. The molecule has 1 aromatic heterocycles. The Morgan fingerprint density at radius 2 is 2.10 bits per heavy atom. The summed E-state index contributed by atoms with van der Waals surface area (Å²) in [6.07, 6.45) is 2.74. The molecule has 0 aliphatic heterocycles. The van der Waals surface area contributed by atoms with Gasteiger partial charge in [0.1, 0.15) is 5.82 Å². The van der Waals surface area contributed by atoms with Gasteiger partial charge >= 0.3 is 0 Å². The number of nitrogens with zero attached hydrogens (tertiary/aromatic N) is 2. The number of aryl methyl sites for hydroxylation is 1. The molecule has 6 heteroatoms. The number of hydrogen-bond donors (Lipinski definition) is 1. The minimum absolute atomic E-state index is 0.227. The van der Waals surface area contributed by atoms with E-state index in [1.54, 1.807) is 6.20 Å². The van der Waals surface area contributed by atoms with Gasteiger partial charge < -0.3 is 5.32 Å². The fraction of sp³-hybridized carbons (Fsp3) is 0.400. The molecule has 2 aromatic rings. The molecule has 21 heavy (non-hydrogen) atoms. The number of halogens is 3. The number of hydrogen-bond acceptors (Lipinski definition) is 2. The largest absolute Gasteiger partial charge is 0.305 e. The van der Waals surface area contributed by atoms with Crippen molar-refractivity contribution in [1.29, 1.82) is 0 Å². The lowest BCUT2D eigenvalue weighted by Crippen LogP contribution is -2.27. The molecule has 0 aliphatic carbocycles. The van der Waals surface area contributed by atoms with Crippen LogP contribution in [0, 0.1) is 5.82 Å². The van der Waals surface area contributed by atoms with Crippen LogP contribution < -0.4 is 5.32 Å². The first-order chi connectivity index (χ1) is 10.1. The molecule has 1 unspecified atom stereocenters. The van der Waals surface area contributed by atoms with Crippen LogP contribution in [0.2, 0.25) is 0 Å². The molecule has 0 amide bonds. The van der Waals surface area contributed by atoms with Crippen LogP contribution in [0.5, 0.6) is 0 Å². The topological polar surface area (TPSA) is 29.9 Å². The van der Waals surface area contributed by atoms with E-state index < -0.39 is 0 Å². The van der Waals surface area contributed by atoms with Gasteiger partial charge in [-0.2, -0.15) is 5.10 Å². The van der Waals surface area contributed by atoms with Gasteiger partial charge in [-0.25, -0.2) is 4.39 Å². The lowest BCUT2D eigenvalue weighted by Gasteiger charge is -2.21. The lowest BCUT2D eigenvalue weighted by molar-refractivity contribution is 0.504. The van der Waals surface area contributed by atoms with E-state index in [2.05, 4.69) is 49.2 Å². The van der Waals surface area contributed by atoms with E-state index in [9.17, 15) is 4.39 Å². The second-order valence-electron chi connectivity index (χ2n) is 4.75. The van der Waals surface area contributed by atoms with Crippen LogP contribution in [0.25, 0.3) is 0 Å². The number of aromatic nitrogens is 2. The summed E-state index contributed by atoms with van der Waals surface area (Å²) >= 11 is 6.83. The molecule has 0 fully saturated rings. The molecule has 0 aliphatic rings. The highest BCUT2D eigenvalue weighted by molar-refractivity contribution is 9.10. The third-order valence-corrected chi connectivity index (χ3v) is 4.38. The van der Waals surface area contributed by atoms with E-state index in [4.69, 9.17) is 0 Å². The summed E-state index contributed by atoms with van der Waals surface area (Å²) in [7, 11) is 0. The Kier molecular flexibility index (Phi) is 5.96. The van der Waals surface area contributed by atoms with Gasteiger partial charge in [0, 0.05) is 16.6 Å². The van der Waals surface area contributed by atoms with Crippen molar-refractivity contribution < 1.29 is 4.39 Å². The molecular formula is C15H18Br2FN3. The number of rotatable bonds is 6.